The second-order valence-corrected chi connectivity index (χ2v) is 4.86. The fourth-order valence-corrected chi connectivity index (χ4v) is 1.87. The van der Waals surface area contributed by atoms with Crippen LogP contribution in [0.5, 0.6) is 5.75 Å². The van der Waals surface area contributed by atoms with Crippen LogP contribution >= 0.6 is 12.2 Å². The van der Waals surface area contributed by atoms with Gasteiger partial charge >= 0.3 is 0 Å². The van der Waals surface area contributed by atoms with Crippen molar-refractivity contribution in [1.29, 1.82) is 0 Å². The number of anilines is 1. The molecule has 0 saturated heterocycles. The predicted octanol–water partition coefficient (Wildman–Crippen LogP) is 2.29. The molecule has 0 aliphatic rings. The van der Waals surface area contributed by atoms with Gasteiger partial charge in [0.15, 0.2) is 0 Å². The first-order chi connectivity index (χ1) is 10.0. The molecule has 1 heterocycles. The summed E-state index contributed by atoms with van der Waals surface area (Å²) in [6, 6.07) is 8.61. The van der Waals surface area contributed by atoms with Gasteiger partial charge < -0.3 is 15.8 Å². The van der Waals surface area contributed by atoms with Gasteiger partial charge in [0.2, 0.25) is 0 Å². The Morgan fingerprint density at radius 1 is 1.29 bits per heavy atom. The number of nitrogens with two attached hydrogens (primary N) is 1. The van der Waals surface area contributed by atoms with Gasteiger partial charge in [0.05, 0.1) is 18.4 Å². The SMILES string of the molecule is COc1cc(C(N)=S)ccc1NC(=O)c1ccc(C)nc1. The molecule has 0 aliphatic carbocycles. The number of hydrogen-bond donors (Lipinski definition) is 2. The number of carbonyl (C=O) groups is 1. The zero-order chi connectivity index (χ0) is 15.4. The van der Waals surface area contributed by atoms with Crippen LogP contribution in [-0.4, -0.2) is 23.0 Å². The molecule has 0 aliphatic heterocycles. The van der Waals surface area contributed by atoms with Crippen LogP contribution in [-0.2, 0) is 0 Å². The predicted molar refractivity (Wildman–Crippen MR) is 85.8 cm³/mol. The standard InChI is InChI=1S/C15H15N3O2S/c1-9-3-4-11(8-17-9)15(19)18-12-6-5-10(14(16)21)7-13(12)20-2/h3-8H,1-2H3,(H2,16,21)(H,18,19). The van der Waals surface area contributed by atoms with E-state index in [1.54, 1.807) is 30.3 Å². The summed E-state index contributed by atoms with van der Waals surface area (Å²) >= 11 is 4.92. The number of benzene rings is 1. The van der Waals surface area contributed by atoms with Crippen LogP contribution in [0, 0.1) is 6.92 Å². The second kappa shape index (κ2) is 6.32. The van der Waals surface area contributed by atoms with E-state index in [1.807, 2.05) is 6.92 Å². The fourth-order valence-electron chi connectivity index (χ4n) is 1.74. The molecule has 2 aromatic rings. The summed E-state index contributed by atoms with van der Waals surface area (Å²) in [6.07, 6.45) is 1.53. The Morgan fingerprint density at radius 2 is 2.00 bits per heavy atom. The van der Waals surface area contributed by atoms with E-state index >= 15 is 0 Å². The Balaban J connectivity index is 2.24. The summed E-state index contributed by atoms with van der Waals surface area (Å²) in [5, 5.41) is 2.78. The van der Waals surface area contributed by atoms with Crippen molar-refractivity contribution in [2.45, 2.75) is 6.92 Å². The molecule has 0 saturated carbocycles. The highest BCUT2D eigenvalue weighted by atomic mass is 32.1. The molecule has 6 heteroatoms. The number of aryl methyl sites for hydroxylation is 1. The van der Waals surface area contributed by atoms with E-state index < -0.39 is 0 Å². The van der Waals surface area contributed by atoms with Gasteiger partial charge in [-0.2, -0.15) is 0 Å². The second-order valence-electron chi connectivity index (χ2n) is 4.42. The molecule has 5 nitrogen and oxygen atoms in total. The summed E-state index contributed by atoms with van der Waals surface area (Å²) in [5.74, 6) is 0.234. The Kier molecular flexibility index (Phi) is 4.49. The number of nitrogens with zero attached hydrogens (tertiary/aromatic N) is 1. The lowest BCUT2D eigenvalue weighted by atomic mass is 10.1. The minimum Gasteiger partial charge on any atom is -0.495 e. The van der Waals surface area contributed by atoms with Crippen molar-refractivity contribution in [1.82, 2.24) is 4.98 Å². The number of methoxy groups -OCH3 is 1. The van der Waals surface area contributed by atoms with Crippen LogP contribution in [0.25, 0.3) is 0 Å². The van der Waals surface area contributed by atoms with Crippen molar-refractivity contribution in [3.8, 4) is 5.75 Å². The van der Waals surface area contributed by atoms with E-state index in [9.17, 15) is 4.79 Å². The summed E-state index contributed by atoms with van der Waals surface area (Å²) in [6.45, 7) is 1.86. The van der Waals surface area contributed by atoms with E-state index in [1.165, 1.54) is 13.3 Å². The van der Waals surface area contributed by atoms with Crippen LogP contribution in [0.4, 0.5) is 5.69 Å². The molecule has 1 aromatic heterocycles. The lowest BCUT2D eigenvalue weighted by Gasteiger charge is -2.11. The minimum atomic E-state index is -0.260. The molecule has 0 fully saturated rings. The number of pyridine rings is 1. The molecule has 2 rings (SSSR count). The van der Waals surface area contributed by atoms with Crippen LogP contribution in [0.15, 0.2) is 36.5 Å². The molecule has 3 N–H and O–H groups in total. The number of thiocarbonyl (C=S) groups is 1. The van der Waals surface area contributed by atoms with E-state index in [4.69, 9.17) is 22.7 Å². The van der Waals surface area contributed by atoms with Gasteiger partial charge in [-0.3, -0.25) is 9.78 Å². The molecule has 0 unspecified atom stereocenters. The quantitative estimate of drug-likeness (QED) is 0.847. The Morgan fingerprint density at radius 3 is 2.57 bits per heavy atom. The van der Waals surface area contributed by atoms with Crippen molar-refractivity contribution in [3.63, 3.8) is 0 Å². The molecule has 21 heavy (non-hydrogen) atoms. The van der Waals surface area contributed by atoms with Gasteiger partial charge in [0.1, 0.15) is 10.7 Å². The Labute approximate surface area is 128 Å². The highest BCUT2D eigenvalue weighted by Gasteiger charge is 2.11. The van der Waals surface area contributed by atoms with E-state index in [0.29, 0.717) is 22.6 Å². The van der Waals surface area contributed by atoms with E-state index in [-0.39, 0.29) is 10.9 Å². The normalized spacial score (nSPS) is 10.0. The van der Waals surface area contributed by atoms with Crippen LogP contribution in [0.1, 0.15) is 21.6 Å². The van der Waals surface area contributed by atoms with Gasteiger partial charge in [0.25, 0.3) is 5.91 Å². The van der Waals surface area contributed by atoms with Crippen molar-refractivity contribution >= 4 is 28.8 Å². The number of nitrogens with one attached hydrogen (secondary N) is 1. The summed E-state index contributed by atoms with van der Waals surface area (Å²) in [4.78, 5) is 16.5. The molecule has 1 amide bonds. The Hall–Kier alpha value is -2.47. The first-order valence-electron chi connectivity index (χ1n) is 6.23. The molecule has 0 radical (unpaired) electrons. The molecule has 1 aromatic carbocycles. The molecular weight excluding hydrogens is 286 g/mol. The van der Waals surface area contributed by atoms with Crippen molar-refractivity contribution < 1.29 is 9.53 Å². The average Bonchev–Trinajstić information content (AvgIpc) is 2.48. The largest absolute Gasteiger partial charge is 0.495 e. The number of carbonyl (C=O) groups excluding carboxylic acids is 1. The number of rotatable bonds is 4. The summed E-state index contributed by atoms with van der Waals surface area (Å²) in [5.41, 5.74) is 8.12. The van der Waals surface area contributed by atoms with Gasteiger partial charge in [-0.15, -0.1) is 0 Å². The maximum atomic E-state index is 12.2. The lowest BCUT2D eigenvalue weighted by Crippen LogP contribution is -2.14. The zero-order valence-corrected chi connectivity index (χ0v) is 12.5. The van der Waals surface area contributed by atoms with Crippen molar-refractivity contribution in [2.24, 2.45) is 5.73 Å². The maximum absolute atomic E-state index is 12.2. The fraction of sp³-hybridized carbons (Fsp3) is 0.133. The Bertz CT molecular complexity index is 684. The maximum Gasteiger partial charge on any atom is 0.257 e. The lowest BCUT2D eigenvalue weighted by molar-refractivity contribution is 0.102. The van der Waals surface area contributed by atoms with Crippen molar-refractivity contribution in [3.05, 3.63) is 53.3 Å². The number of amides is 1. The zero-order valence-electron chi connectivity index (χ0n) is 11.7. The van der Waals surface area contributed by atoms with Crippen LogP contribution in [0.3, 0.4) is 0 Å². The molecule has 0 spiro atoms. The van der Waals surface area contributed by atoms with Gasteiger partial charge in [0, 0.05) is 17.5 Å². The van der Waals surface area contributed by atoms with Gasteiger partial charge in [-0.05, 0) is 37.3 Å². The van der Waals surface area contributed by atoms with Crippen LogP contribution < -0.4 is 15.8 Å². The third kappa shape index (κ3) is 3.55. The highest BCUT2D eigenvalue weighted by molar-refractivity contribution is 7.80. The number of aromatic nitrogens is 1. The smallest absolute Gasteiger partial charge is 0.257 e. The first-order valence-corrected chi connectivity index (χ1v) is 6.64. The number of hydrogen-bond acceptors (Lipinski definition) is 4. The third-order valence-electron chi connectivity index (χ3n) is 2.91. The first kappa shape index (κ1) is 14.9. The molecule has 0 bridgehead atoms. The highest BCUT2D eigenvalue weighted by Crippen LogP contribution is 2.26. The third-order valence-corrected chi connectivity index (χ3v) is 3.14. The monoisotopic (exact) mass is 301 g/mol. The molecule has 0 atom stereocenters. The summed E-state index contributed by atoms with van der Waals surface area (Å²) < 4.78 is 5.25. The number of ether oxygens (including phenoxy) is 1. The topological polar surface area (TPSA) is 77.2 Å². The molecular formula is C15H15N3O2S. The average molecular weight is 301 g/mol. The van der Waals surface area contributed by atoms with E-state index in [0.717, 1.165) is 5.69 Å². The minimum absolute atomic E-state index is 0.260. The van der Waals surface area contributed by atoms with Gasteiger partial charge in [-0.1, -0.05) is 12.2 Å². The van der Waals surface area contributed by atoms with Crippen LogP contribution in [0.2, 0.25) is 0 Å². The molecule has 108 valence electrons. The summed E-state index contributed by atoms with van der Waals surface area (Å²) in [7, 11) is 1.52. The van der Waals surface area contributed by atoms with Gasteiger partial charge in [-0.25, -0.2) is 0 Å². The van der Waals surface area contributed by atoms with Crippen molar-refractivity contribution in [2.75, 3.05) is 12.4 Å². The van der Waals surface area contributed by atoms with E-state index in [2.05, 4.69) is 10.3 Å².